The van der Waals surface area contributed by atoms with E-state index < -0.39 is 0 Å². The van der Waals surface area contributed by atoms with Gasteiger partial charge in [0.25, 0.3) is 0 Å². The minimum atomic E-state index is 0.814. The van der Waals surface area contributed by atoms with Gasteiger partial charge in [0.2, 0.25) is 0 Å². The van der Waals surface area contributed by atoms with Gasteiger partial charge in [-0.2, -0.15) is 0 Å². The van der Waals surface area contributed by atoms with Gasteiger partial charge in [-0.15, -0.1) is 0 Å². The van der Waals surface area contributed by atoms with Crippen molar-refractivity contribution in [1.82, 2.24) is 0 Å². The lowest BCUT2D eigenvalue weighted by atomic mass is 10.4. The molecule has 0 rings (SSSR count). The Hall–Kier alpha value is -0.0800. The van der Waals surface area contributed by atoms with Crippen molar-refractivity contribution in [3.05, 3.63) is 0 Å². The Morgan fingerprint density at radius 2 is 1.45 bits per heavy atom. The average molecular weight is 160 g/mol. The van der Waals surface area contributed by atoms with E-state index in [1.54, 1.807) is 0 Å². The molecule has 0 aliphatic carbocycles. The van der Waals surface area contributed by atoms with Crippen LogP contribution >= 0.6 is 0 Å². The zero-order valence-electron chi connectivity index (χ0n) is 7.77. The van der Waals surface area contributed by atoms with Gasteiger partial charge < -0.3 is 9.47 Å². The summed E-state index contributed by atoms with van der Waals surface area (Å²) >= 11 is 0. The fraction of sp³-hybridized carbons (Fsp3) is 1.00. The van der Waals surface area contributed by atoms with Crippen LogP contribution in [-0.4, -0.2) is 26.4 Å². The lowest BCUT2D eigenvalue weighted by Gasteiger charge is -2.02. The molecule has 0 saturated carbocycles. The Balaban J connectivity index is 2.69. The molecule has 0 aromatic heterocycles. The van der Waals surface area contributed by atoms with Crippen LogP contribution in [-0.2, 0) is 9.47 Å². The summed E-state index contributed by atoms with van der Waals surface area (Å²) in [6.07, 6.45) is 3.41. The van der Waals surface area contributed by atoms with Crippen molar-refractivity contribution in [2.24, 2.45) is 0 Å². The van der Waals surface area contributed by atoms with Crippen molar-refractivity contribution in [3.8, 4) is 0 Å². The Bertz CT molecular complexity index is 56.6. The van der Waals surface area contributed by atoms with Gasteiger partial charge in [0, 0.05) is 26.4 Å². The number of ether oxygens (including phenoxy) is 2. The topological polar surface area (TPSA) is 18.5 Å². The summed E-state index contributed by atoms with van der Waals surface area (Å²) in [7, 11) is 0. The average Bonchev–Trinajstić information content (AvgIpc) is 2.03. The summed E-state index contributed by atoms with van der Waals surface area (Å²) in [4.78, 5) is 0. The Morgan fingerprint density at radius 1 is 0.818 bits per heavy atom. The van der Waals surface area contributed by atoms with Gasteiger partial charge >= 0.3 is 0 Å². The summed E-state index contributed by atoms with van der Waals surface area (Å²) in [6.45, 7) is 7.59. The Kier molecular flexibility index (Phi) is 9.85. The first-order chi connectivity index (χ1) is 5.41. The van der Waals surface area contributed by atoms with Gasteiger partial charge in [0.1, 0.15) is 0 Å². The minimum Gasteiger partial charge on any atom is -0.382 e. The highest BCUT2D eigenvalue weighted by molar-refractivity contribution is 4.35. The molecule has 0 aliphatic rings. The van der Waals surface area contributed by atoms with Crippen molar-refractivity contribution in [1.29, 1.82) is 0 Å². The molecule has 0 bridgehead atoms. The van der Waals surface area contributed by atoms with E-state index in [1.807, 2.05) is 6.92 Å². The van der Waals surface area contributed by atoms with Gasteiger partial charge in [-0.3, -0.25) is 0 Å². The largest absolute Gasteiger partial charge is 0.382 e. The SMILES string of the molecule is CCCCOCCCOCC. The molecular formula is C9H20O2. The smallest absolute Gasteiger partial charge is 0.0487 e. The summed E-state index contributed by atoms with van der Waals surface area (Å²) in [5.74, 6) is 0. The molecule has 0 aliphatic heterocycles. The van der Waals surface area contributed by atoms with Crippen LogP contribution in [0.15, 0.2) is 0 Å². The second-order valence-corrected chi connectivity index (χ2v) is 2.52. The normalized spacial score (nSPS) is 10.4. The molecule has 0 unspecified atom stereocenters. The fourth-order valence-corrected chi connectivity index (χ4v) is 0.756. The number of hydrogen-bond acceptors (Lipinski definition) is 2. The second kappa shape index (κ2) is 9.92. The zero-order valence-corrected chi connectivity index (χ0v) is 7.77. The molecule has 2 heteroatoms. The third-order valence-corrected chi connectivity index (χ3v) is 1.42. The summed E-state index contributed by atoms with van der Waals surface area (Å²) in [5.41, 5.74) is 0. The van der Waals surface area contributed by atoms with E-state index in [-0.39, 0.29) is 0 Å². The van der Waals surface area contributed by atoms with Gasteiger partial charge in [-0.1, -0.05) is 13.3 Å². The van der Waals surface area contributed by atoms with E-state index >= 15 is 0 Å². The molecule has 11 heavy (non-hydrogen) atoms. The van der Waals surface area contributed by atoms with Crippen molar-refractivity contribution >= 4 is 0 Å². The van der Waals surface area contributed by atoms with Gasteiger partial charge in [0.15, 0.2) is 0 Å². The van der Waals surface area contributed by atoms with Gasteiger partial charge in [-0.25, -0.2) is 0 Å². The maximum atomic E-state index is 5.34. The van der Waals surface area contributed by atoms with E-state index in [4.69, 9.17) is 9.47 Å². The number of rotatable bonds is 8. The van der Waals surface area contributed by atoms with Crippen LogP contribution in [0.3, 0.4) is 0 Å². The monoisotopic (exact) mass is 160 g/mol. The van der Waals surface area contributed by atoms with E-state index in [1.165, 1.54) is 12.8 Å². The quantitative estimate of drug-likeness (QED) is 0.507. The third-order valence-electron chi connectivity index (χ3n) is 1.42. The molecule has 0 fully saturated rings. The highest BCUT2D eigenvalue weighted by Crippen LogP contribution is 1.90. The molecule has 0 radical (unpaired) electrons. The van der Waals surface area contributed by atoms with Crippen molar-refractivity contribution in [3.63, 3.8) is 0 Å². The van der Waals surface area contributed by atoms with Crippen LogP contribution in [0.5, 0.6) is 0 Å². The Labute approximate surface area is 69.9 Å². The lowest BCUT2D eigenvalue weighted by Crippen LogP contribution is -2.01. The van der Waals surface area contributed by atoms with E-state index in [9.17, 15) is 0 Å². The molecule has 0 amide bonds. The molecule has 0 aromatic carbocycles. The predicted octanol–water partition coefficient (Wildman–Crippen LogP) is 2.23. The van der Waals surface area contributed by atoms with E-state index in [0.29, 0.717) is 0 Å². The predicted molar refractivity (Wildman–Crippen MR) is 46.8 cm³/mol. The fourth-order valence-electron chi connectivity index (χ4n) is 0.756. The molecule has 0 saturated heterocycles. The van der Waals surface area contributed by atoms with Crippen molar-refractivity contribution in [2.45, 2.75) is 33.1 Å². The van der Waals surface area contributed by atoms with Crippen LogP contribution in [0.1, 0.15) is 33.1 Å². The first-order valence-electron chi connectivity index (χ1n) is 4.57. The third kappa shape index (κ3) is 9.92. The second-order valence-electron chi connectivity index (χ2n) is 2.52. The first kappa shape index (κ1) is 10.9. The maximum absolute atomic E-state index is 5.34. The van der Waals surface area contributed by atoms with Crippen LogP contribution in [0.4, 0.5) is 0 Å². The highest BCUT2D eigenvalue weighted by Gasteiger charge is 1.87. The number of hydrogen-bond donors (Lipinski definition) is 0. The van der Waals surface area contributed by atoms with Crippen LogP contribution < -0.4 is 0 Å². The molecule has 2 nitrogen and oxygen atoms in total. The van der Waals surface area contributed by atoms with Crippen molar-refractivity contribution in [2.75, 3.05) is 26.4 Å². The van der Waals surface area contributed by atoms with E-state index in [2.05, 4.69) is 6.92 Å². The zero-order chi connectivity index (χ0) is 8.36. The Morgan fingerprint density at radius 3 is 2.09 bits per heavy atom. The highest BCUT2D eigenvalue weighted by atomic mass is 16.5. The standard InChI is InChI=1S/C9H20O2/c1-3-5-7-11-9-6-8-10-4-2/h3-9H2,1-2H3. The minimum absolute atomic E-state index is 0.814. The molecule has 0 N–H and O–H groups in total. The molecule has 0 aromatic rings. The lowest BCUT2D eigenvalue weighted by molar-refractivity contribution is 0.0867. The van der Waals surface area contributed by atoms with Crippen LogP contribution in [0.25, 0.3) is 0 Å². The van der Waals surface area contributed by atoms with Crippen LogP contribution in [0.2, 0.25) is 0 Å². The molecule has 68 valence electrons. The van der Waals surface area contributed by atoms with Crippen LogP contribution in [0, 0.1) is 0 Å². The maximum Gasteiger partial charge on any atom is 0.0487 e. The first-order valence-corrected chi connectivity index (χ1v) is 4.57. The summed E-state index contributed by atoms with van der Waals surface area (Å²) in [5, 5.41) is 0. The summed E-state index contributed by atoms with van der Waals surface area (Å²) in [6, 6.07) is 0. The molecule has 0 spiro atoms. The summed E-state index contributed by atoms with van der Waals surface area (Å²) < 4.78 is 10.5. The number of unbranched alkanes of at least 4 members (excludes halogenated alkanes) is 1. The molecule has 0 heterocycles. The van der Waals surface area contributed by atoms with Gasteiger partial charge in [0.05, 0.1) is 0 Å². The molecule has 0 atom stereocenters. The van der Waals surface area contributed by atoms with E-state index in [0.717, 1.165) is 32.8 Å². The van der Waals surface area contributed by atoms with Gasteiger partial charge in [-0.05, 0) is 19.8 Å². The van der Waals surface area contributed by atoms with Crippen molar-refractivity contribution < 1.29 is 9.47 Å². The molecular weight excluding hydrogens is 140 g/mol.